The van der Waals surface area contributed by atoms with Gasteiger partial charge in [0.15, 0.2) is 0 Å². The lowest BCUT2D eigenvalue weighted by Crippen LogP contribution is -1.96. The van der Waals surface area contributed by atoms with Crippen molar-refractivity contribution >= 4 is 23.3 Å². The molecular weight excluding hydrogens is 276 g/mol. The van der Waals surface area contributed by atoms with Gasteiger partial charge in [0.05, 0.1) is 16.1 Å². The van der Waals surface area contributed by atoms with E-state index in [1.807, 2.05) is 0 Å². The van der Waals surface area contributed by atoms with E-state index in [4.69, 9.17) is 0 Å². The maximum atomic E-state index is 10.8. The van der Waals surface area contributed by atoms with Crippen LogP contribution in [0.4, 0.5) is 17.1 Å². The van der Waals surface area contributed by atoms with E-state index in [-0.39, 0.29) is 17.1 Å². The van der Waals surface area contributed by atoms with Crippen LogP contribution in [0.3, 0.4) is 0 Å². The summed E-state index contributed by atoms with van der Waals surface area (Å²) in [5, 5.41) is 25.3. The van der Waals surface area contributed by atoms with Crippen molar-refractivity contribution in [3.8, 4) is 0 Å². The molecule has 8 nitrogen and oxygen atoms in total. The zero-order chi connectivity index (χ0) is 15.2. The quantitative estimate of drug-likeness (QED) is 0.516. The van der Waals surface area contributed by atoms with Gasteiger partial charge in [-0.1, -0.05) is 24.3 Å². The number of hydrogen-bond donors (Lipinski definition) is 1. The van der Waals surface area contributed by atoms with Crippen LogP contribution in [0.2, 0.25) is 0 Å². The van der Waals surface area contributed by atoms with Crippen molar-refractivity contribution in [3.63, 3.8) is 0 Å². The van der Waals surface area contributed by atoms with Crippen LogP contribution in [0.1, 0.15) is 5.56 Å². The Morgan fingerprint density at radius 2 is 1.76 bits per heavy atom. The third kappa shape index (κ3) is 3.60. The molecule has 0 saturated heterocycles. The molecule has 0 fully saturated rings. The highest BCUT2D eigenvalue weighted by Gasteiger charge is 2.11. The molecule has 2 rings (SSSR count). The van der Waals surface area contributed by atoms with Gasteiger partial charge in [-0.2, -0.15) is 5.10 Å². The van der Waals surface area contributed by atoms with Crippen LogP contribution in [-0.4, -0.2) is 16.1 Å². The second kappa shape index (κ2) is 6.24. The van der Waals surface area contributed by atoms with Crippen molar-refractivity contribution in [2.24, 2.45) is 5.10 Å². The van der Waals surface area contributed by atoms with Gasteiger partial charge in [-0.05, 0) is 6.07 Å². The highest BCUT2D eigenvalue weighted by molar-refractivity contribution is 5.81. The van der Waals surface area contributed by atoms with Crippen molar-refractivity contribution in [1.82, 2.24) is 0 Å². The molecule has 0 aliphatic carbocycles. The van der Waals surface area contributed by atoms with E-state index < -0.39 is 9.85 Å². The van der Waals surface area contributed by atoms with Gasteiger partial charge in [0.25, 0.3) is 11.4 Å². The minimum Gasteiger partial charge on any atom is -0.272 e. The number of nitro benzene ring substituents is 2. The highest BCUT2D eigenvalue weighted by atomic mass is 16.6. The minimum absolute atomic E-state index is 0.0513. The van der Waals surface area contributed by atoms with Crippen molar-refractivity contribution in [2.45, 2.75) is 0 Å². The number of benzene rings is 2. The van der Waals surface area contributed by atoms with Crippen LogP contribution in [0.25, 0.3) is 0 Å². The summed E-state index contributed by atoms with van der Waals surface area (Å²) in [6, 6.07) is 11.9. The SMILES string of the molecule is O=[N+]([O-])c1cccc(C=NNc2ccccc2[N+](=O)[O-])c1. The summed E-state index contributed by atoms with van der Waals surface area (Å²) in [5.74, 6) is 0. The molecule has 0 amide bonds. The van der Waals surface area contributed by atoms with Gasteiger partial charge < -0.3 is 0 Å². The maximum absolute atomic E-state index is 10.8. The predicted octanol–water partition coefficient (Wildman–Crippen LogP) is 2.95. The molecule has 2 aromatic carbocycles. The lowest BCUT2D eigenvalue weighted by Gasteiger charge is -2.01. The van der Waals surface area contributed by atoms with Crippen molar-refractivity contribution in [3.05, 3.63) is 74.3 Å². The molecule has 8 heteroatoms. The number of hydrazone groups is 1. The van der Waals surface area contributed by atoms with Crippen LogP contribution in [0, 0.1) is 20.2 Å². The zero-order valence-electron chi connectivity index (χ0n) is 10.7. The number of hydrogen-bond acceptors (Lipinski definition) is 6. The molecule has 0 aliphatic heterocycles. The average Bonchev–Trinajstić information content (AvgIpc) is 2.48. The van der Waals surface area contributed by atoms with Gasteiger partial charge in [0.1, 0.15) is 5.69 Å². The van der Waals surface area contributed by atoms with Crippen LogP contribution in [0.15, 0.2) is 53.6 Å². The third-order valence-corrected chi connectivity index (χ3v) is 2.58. The Morgan fingerprint density at radius 3 is 2.48 bits per heavy atom. The number of para-hydroxylation sites is 2. The molecule has 0 atom stereocenters. The Morgan fingerprint density at radius 1 is 1.00 bits per heavy atom. The average molecular weight is 286 g/mol. The van der Waals surface area contributed by atoms with Crippen molar-refractivity contribution in [1.29, 1.82) is 0 Å². The Kier molecular flexibility index (Phi) is 4.20. The molecular formula is C13H10N4O4. The first-order valence-electron chi connectivity index (χ1n) is 5.85. The molecule has 0 heterocycles. The molecule has 0 unspecified atom stereocenters. The van der Waals surface area contributed by atoms with Crippen LogP contribution < -0.4 is 5.43 Å². The van der Waals surface area contributed by atoms with Gasteiger partial charge >= 0.3 is 0 Å². The first kappa shape index (κ1) is 14.1. The zero-order valence-corrected chi connectivity index (χ0v) is 10.7. The predicted molar refractivity (Wildman–Crippen MR) is 77.4 cm³/mol. The summed E-state index contributed by atoms with van der Waals surface area (Å²) in [7, 11) is 0. The Balaban J connectivity index is 2.15. The summed E-state index contributed by atoms with van der Waals surface area (Å²) in [6.07, 6.45) is 1.35. The first-order valence-corrected chi connectivity index (χ1v) is 5.85. The van der Waals surface area contributed by atoms with E-state index in [0.29, 0.717) is 5.56 Å². The molecule has 106 valence electrons. The third-order valence-electron chi connectivity index (χ3n) is 2.58. The first-order chi connectivity index (χ1) is 10.1. The summed E-state index contributed by atoms with van der Waals surface area (Å²) >= 11 is 0. The van der Waals surface area contributed by atoms with E-state index in [1.165, 1.54) is 36.5 Å². The molecule has 0 bridgehead atoms. The molecule has 2 aromatic rings. The van der Waals surface area contributed by atoms with Gasteiger partial charge in [0.2, 0.25) is 0 Å². The van der Waals surface area contributed by atoms with Gasteiger partial charge in [-0.25, -0.2) is 0 Å². The summed E-state index contributed by atoms with van der Waals surface area (Å²) < 4.78 is 0. The number of nitrogens with zero attached hydrogens (tertiary/aromatic N) is 3. The summed E-state index contributed by atoms with van der Waals surface area (Å²) in [6.45, 7) is 0. The fourth-order valence-corrected chi connectivity index (χ4v) is 1.62. The van der Waals surface area contributed by atoms with Crippen LogP contribution in [-0.2, 0) is 0 Å². The fourth-order valence-electron chi connectivity index (χ4n) is 1.62. The summed E-state index contributed by atoms with van der Waals surface area (Å²) in [4.78, 5) is 20.4. The molecule has 0 aromatic heterocycles. The monoisotopic (exact) mass is 286 g/mol. The van der Waals surface area contributed by atoms with Crippen molar-refractivity contribution < 1.29 is 9.85 Å². The van der Waals surface area contributed by atoms with E-state index in [2.05, 4.69) is 10.5 Å². The molecule has 0 radical (unpaired) electrons. The topological polar surface area (TPSA) is 111 Å². The Labute approximate surface area is 119 Å². The summed E-state index contributed by atoms with van der Waals surface area (Å²) in [5.41, 5.74) is 3.14. The van der Waals surface area contributed by atoms with E-state index >= 15 is 0 Å². The van der Waals surface area contributed by atoms with E-state index in [1.54, 1.807) is 18.2 Å². The molecule has 0 aliphatic rings. The lowest BCUT2D eigenvalue weighted by atomic mass is 10.2. The Bertz CT molecular complexity index is 715. The molecule has 0 saturated carbocycles. The number of nitro groups is 2. The van der Waals surface area contributed by atoms with Gasteiger partial charge in [-0.15, -0.1) is 0 Å². The van der Waals surface area contributed by atoms with Gasteiger partial charge in [-0.3, -0.25) is 25.7 Å². The fraction of sp³-hybridized carbons (Fsp3) is 0. The van der Waals surface area contributed by atoms with E-state index in [9.17, 15) is 20.2 Å². The number of anilines is 1. The molecule has 21 heavy (non-hydrogen) atoms. The van der Waals surface area contributed by atoms with Gasteiger partial charge in [0, 0.05) is 23.8 Å². The van der Waals surface area contributed by atoms with E-state index in [0.717, 1.165) is 0 Å². The standard InChI is InChI=1S/C13H10N4O4/c18-16(19)11-5-3-4-10(8-11)9-14-15-12-6-1-2-7-13(12)17(20)21/h1-9,15H. The maximum Gasteiger partial charge on any atom is 0.294 e. The molecule has 0 spiro atoms. The number of rotatable bonds is 5. The molecule has 1 N–H and O–H groups in total. The Hall–Kier alpha value is -3.29. The van der Waals surface area contributed by atoms with Crippen molar-refractivity contribution in [2.75, 3.05) is 5.43 Å². The smallest absolute Gasteiger partial charge is 0.272 e. The number of nitrogens with one attached hydrogen (secondary N) is 1. The number of non-ortho nitro benzene ring substituents is 1. The second-order valence-electron chi connectivity index (χ2n) is 4.00. The minimum atomic E-state index is -0.523. The highest BCUT2D eigenvalue weighted by Crippen LogP contribution is 2.22. The lowest BCUT2D eigenvalue weighted by molar-refractivity contribution is -0.384. The van der Waals surface area contributed by atoms with Crippen LogP contribution >= 0.6 is 0 Å². The second-order valence-corrected chi connectivity index (χ2v) is 4.00. The normalized spacial score (nSPS) is 10.5. The largest absolute Gasteiger partial charge is 0.294 e. The van der Waals surface area contributed by atoms with Crippen LogP contribution in [0.5, 0.6) is 0 Å².